The summed E-state index contributed by atoms with van der Waals surface area (Å²) in [7, 11) is -1.83. The van der Waals surface area contributed by atoms with Crippen molar-refractivity contribution in [1.82, 2.24) is 4.31 Å². The van der Waals surface area contributed by atoms with Crippen molar-refractivity contribution < 1.29 is 32.2 Å². The lowest BCUT2D eigenvalue weighted by atomic mass is 10.3. The third kappa shape index (κ3) is 4.26. The maximum Gasteiger partial charge on any atom is 0.514 e. The Morgan fingerprint density at radius 1 is 1.31 bits per heavy atom. The van der Waals surface area contributed by atoms with E-state index >= 15 is 0 Å². The van der Waals surface area contributed by atoms with Gasteiger partial charge in [-0.3, -0.25) is 4.79 Å². The highest BCUT2D eigenvalue weighted by atomic mass is 35.5. The molecule has 1 heterocycles. The quantitative estimate of drug-likeness (QED) is 0.661. The van der Waals surface area contributed by atoms with Gasteiger partial charge in [-0.05, 0) is 19.1 Å². The smallest absolute Gasteiger partial charge is 0.465 e. The standard InChI is InChI=1S/C15H16ClNO7S2/c1-4-23-12(18)8-17(2)26(20,21)13-10-6-5-9(16)7-11(10)25-14(13)24-15(19)22-3/h5-7H,4,8H2,1-3H3. The molecule has 0 fully saturated rings. The molecule has 0 amide bonds. The first-order valence-corrected chi connectivity index (χ1v) is 9.94. The van der Waals surface area contributed by atoms with Crippen molar-refractivity contribution in [2.45, 2.75) is 11.8 Å². The van der Waals surface area contributed by atoms with Crippen LogP contribution in [0.25, 0.3) is 10.1 Å². The van der Waals surface area contributed by atoms with E-state index in [2.05, 4.69) is 4.74 Å². The zero-order valence-corrected chi connectivity index (χ0v) is 16.5. The Hall–Kier alpha value is -1.88. The summed E-state index contributed by atoms with van der Waals surface area (Å²) in [6, 6.07) is 4.57. The Balaban J connectivity index is 2.55. The zero-order valence-electron chi connectivity index (χ0n) is 14.1. The first-order chi connectivity index (χ1) is 12.2. The van der Waals surface area contributed by atoms with Crippen LogP contribution in [0.2, 0.25) is 5.02 Å². The highest BCUT2D eigenvalue weighted by Gasteiger charge is 2.32. The van der Waals surface area contributed by atoms with Crippen molar-refractivity contribution in [3.05, 3.63) is 23.2 Å². The van der Waals surface area contributed by atoms with Crippen LogP contribution in [0.4, 0.5) is 4.79 Å². The number of carbonyl (C=O) groups excluding carboxylic acids is 2. The molecule has 0 aliphatic rings. The number of methoxy groups -OCH3 is 1. The summed E-state index contributed by atoms with van der Waals surface area (Å²) in [5.74, 6) is -0.698. The molecule has 0 saturated heterocycles. The molecule has 0 spiro atoms. The summed E-state index contributed by atoms with van der Waals surface area (Å²) in [6.07, 6.45) is -1.06. The molecule has 142 valence electrons. The fourth-order valence-corrected chi connectivity index (χ4v) is 5.10. The van der Waals surface area contributed by atoms with E-state index in [9.17, 15) is 18.0 Å². The normalized spacial score (nSPS) is 11.6. The average Bonchev–Trinajstić information content (AvgIpc) is 2.92. The first-order valence-electron chi connectivity index (χ1n) is 7.30. The van der Waals surface area contributed by atoms with Crippen LogP contribution < -0.4 is 4.74 Å². The molecule has 0 atom stereocenters. The van der Waals surface area contributed by atoms with Crippen LogP contribution >= 0.6 is 22.9 Å². The number of benzene rings is 1. The van der Waals surface area contributed by atoms with Gasteiger partial charge < -0.3 is 14.2 Å². The van der Waals surface area contributed by atoms with Gasteiger partial charge in [-0.25, -0.2) is 13.2 Å². The van der Waals surface area contributed by atoms with E-state index in [0.717, 1.165) is 22.8 Å². The van der Waals surface area contributed by atoms with E-state index in [-0.39, 0.29) is 16.6 Å². The summed E-state index contributed by atoms with van der Waals surface area (Å²) >= 11 is 6.87. The van der Waals surface area contributed by atoms with Crippen LogP contribution in [0.1, 0.15) is 6.92 Å². The minimum atomic E-state index is -4.17. The molecule has 2 rings (SSSR count). The molecule has 0 aliphatic carbocycles. The van der Waals surface area contributed by atoms with Crippen molar-refractivity contribution in [1.29, 1.82) is 0 Å². The van der Waals surface area contributed by atoms with Crippen LogP contribution in [-0.4, -0.2) is 52.2 Å². The van der Waals surface area contributed by atoms with Crippen LogP contribution in [0.3, 0.4) is 0 Å². The topological polar surface area (TPSA) is 99.2 Å². The van der Waals surface area contributed by atoms with Gasteiger partial charge in [0.15, 0.2) is 0 Å². The summed E-state index contributed by atoms with van der Waals surface area (Å²) in [6.45, 7) is 1.26. The summed E-state index contributed by atoms with van der Waals surface area (Å²) < 4.78 is 41.5. The second kappa shape index (κ2) is 8.21. The van der Waals surface area contributed by atoms with Gasteiger partial charge in [-0.1, -0.05) is 29.0 Å². The number of hydrogen-bond donors (Lipinski definition) is 0. The Kier molecular flexibility index (Phi) is 6.45. The third-order valence-corrected chi connectivity index (χ3v) is 6.51. The van der Waals surface area contributed by atoms with Gasteiger partial charge in [0.25, 0.3) is 0 Å². The Morgan fingerprint density at radius 2 is 2.00 bits per heavy atom. The maximum atomic E-state index is 13.0. The molecule has 1 aromatic carbocycles. The molecule has 26 heavy (non-hydrogen) atoms. The largest absolute Gasteiger partial charge is 0.514 e. The molecule has 2 aromatic rings. The van der Waals surface area contributed by atoms with Crippen molar-refractivity contribution in [2.24, 2.45) is 0 Å². The van der Waals surface area contributed by atoms with Crippen molar-refractivity contribution in [3.63, 3.8) is 0 Å². The molecule has 1 aromatic heterocycles. The van der Waals surface area contributed by atoms with E-state index < -0.39 is 28.7 Å². The summed E-state index contributed by atoms with van der Waals surface area (Å²) in [5.41, 5.74) is 0. The molecule has 0 N–H and O–H groups in total. The number of likely N-dealkylation sites (N-methyl/N-ethyl adjacent to an activating group) is 1. The number of nitrogens with zero attached hydrogens (tertiary/aromatic N) is 1. The van der Waals surface area contributed by atoms with E-state index in [4.69, 9.17) is 21.1 Å². The van der Waals surface area contributed by atoms with Gasteiger partial charge in [0, 0.05) is 22.2 Å². The summed E-state index contributed by atoms with van der Waals surface area (Å²) in [4.78, 5) is 22.9. The average molecular weight is 422 g/mol. The second-order valence-electron chi connectivity index (χ2n) is 4.98. The number of halogens is 1. The fraction of sp³-hybridized carbons (Fsp3) is 0.333. The number of ether oxygens (including phenoxy) is 3. The third-order valence-electron chi connectivity index (χ3n) is 3.24. The van der Waals surface area contributed by atoms with Crippen molar-refractivity contribution in [3.8, 4) is 5.06 Å². The van der Waals surface area contributed by atoms with Crippen LogP contribution in [0, 0.1) is 0 Å². The fourth-order valence-electron chi connectivity index (χ4n) is 2.08. The number of esters is 1. The van der Waals surface area contributed by atoms with Crippen LogP contribution in [0.5, 0.6) is 5.06 Å². The number of carbonyl (C=O) groups is 2. The first kappa shape index (κ1) is 20.4. The molecular formula is C15H16ClNO7S2. The second-order valence-corrected chi connectivity index (χ2v) is 8.41. The van der Waals surface area contributed by atoms with Gasteiger partial charge in [0.05, 0.1) is 13.7 Å². The number of hydrogen-bond acceptors (Lipinski definition) is 8. The van der Waals surface area contributed by atoms with E-state index in [1.165, 1.54) is 19.2 Å². The lowest BCUT2D eigenvalue weighted by molar-refractivity contribution is -0.143. The Morgan fingerprint density at radius 3 is 2.62 bits per heavy atom. The highest BCUT2D eigenvalue weighted by Crippen LogP contribution is 2.43. The van der Waals surface area contributed by atoms with Crippen molar-refractivity contribution >= 4 is 55.2 Å². The number of rotatable bonds is 6. The number of sulfonamides is 1. The SMILES string of the molecule is CCOC(=O)CN(C)S(=O)(=O)c1c(OC(=O)OC)sc2cc(Cl)ccc12. The molecule has 8 nitrogen and oxygen atoms in total. The lowest BCUT2D eigenvalue weighted by Crippen LogP contribution is -2.33. The van der Waals surface area contributed by atoms with Gasteiger partial charge in [-0.2, -0.15) is 4.31 Å². The van der Waals surface area contributed by atoms with Crippen molar-refractivity contribution in [2.75, 3.05) is 27.3 Å². The lowest BCUT2D eigenvalue weighted by Gasteiger charge is -2.16. The minimum Gasteiger partial charge on any atom is -0.465 e. The van der Waals surface area contributed by atoms with E-state index in [1.807, 2.05) is 0 Å². The summed E-state index contributed by atoms with van der Waals surface area (Å²) in [5, 5.41) is 0.533. The minimum absolute atomic E-state index is 0.128. The Bertz CT molecular complexity index is 939. The van der Waals surface area contributed by atoms with Gasteiger partial charge >= 0.3 is 12.1 Å². The highest BCUT2D eigenvalue weighted by molar-refractivity contribution is 7.89. The van der Waals surface area contributed by atoms with Gasteiger partial charge in [-0.15, -0.1) is 0 Å². The number of thiophene rings is 1. The monoisotopic (exact) mass is 421 g/mol. The Labute approximate surface area is 159 Å². The molecule has 11 heteroatoms. The van der Waals surface area contributed by atoms with Crippen LogP contribution in [0.15, 0.2) is 23.1 Å². The molecule has 0 unspecified atom stereocenters. The predicted molar refractivity (Wildman–Crippen MR) is 96.3 cm³/mol. The van der Waals surface area contributed by atoms with Crippen LogP contribution in [-0.2, 0) is 24.3 Å². The van der Waals surface area contributed by atoms with E-state index in [0.29, 0.717) is 15.1 Å². The molecule has 0 bridgehead atoms. The number of fused-ring (bicyclic) bond motifs is 1. The van der Waals surface area contributed by atoms with E-state index in [1.54, 1.807) is 13.0 Å². The molecule has 0 aliphatic heterocycles. The maximum absolute atomic E-state index is 13.0. The molecular weight excluding hydrogens is 406 g/mol. The molecule has 0 saturated carbocycles. The predicted octanol–water partition coefficient (Wildman–Crippen LogP) is 2.88. The zero-order chi connectivity index (χ0) is 19.5. The molecule has 0 radical (unpaired) electrons. The van der Waals surface area contributed by atoms with Gasteiger partial charge in [0.1, 0.15) is 11.4 Å². The van der Waals surface area contributed by atoms with Gasteiger partial charge in [0.2, 0.25) is 15.1 Å².